The molecule has 1 aromatic heterocycles. The van der Waals surface area contributed by atoms with Crippen molar-refractivity contribution in [1.82, 2.24) is 4.57 Å². The first-order chi connectivity index (χ1) is 37.2. The lowest BCUT2D eigenvalue weighted by atomic mass is 9.68. The molecular formula is C73H50N2. The van der Waals surface area contributed by atoms with Crippen molar-refractivity contribution in [2.24, 2.45) is 0 Å². The highest BCUT2D eigenvalue weighted by molar-refractivity contribution is 6.09. The lowest BCUT2D eigenvalue weighted by Gasteiger charge is -2.34. The van der Waals surface area contributed by atoms with Gasteiger partial charge >= 0.3 is 0 Å². The normalized spacial score (nSPS) is 12.4. The Kier molecular flexibility index (Phi) is 10.8. The van der Waals surface area contributed by atoms with Crippen molar-refractivity contribution >= 4 is 38.9 Å². The smallest absolute Gasteiger partial charge is 0.0713 e. The molecule has 1 aliphatic carbocycles. The summed E-state index contributed by atoms with van der Waals surface area (Å²) in [7, 11) is 0. The maximum atomic E-state index is 2.40. The topological polar surface area (TPSA) is 8.17 Å². The summed E-state index contributed by atoms with van der Waals surface area (Å²) in [4.78, 5) is 2.40. The molecular weight excluding hydrogens is 905 g/mol. The van der Waals surface area contributed by atoms with E-state index in [1.807, 2.05) is 0 Å². The van der Waals surface area contributed by atoms with Gasteiger partial charge in [0.2, 0.25) is 0 Å². The maximum absolute atomic E-state index is 2.40. The Hall–Kier alpha value is -9.76. The summed E-state index contributed by atoms with van der Waals surface area (Å²) in [5, 5.41) is 2.52. The fraction of sp³-hybridized carbons (Fsp3) is 0.0137. The molecule has 13 aromatic rings. The monoisotopic (exact) mass is 954 g/mol. The first-order valence-electron chi connectivity index (χ1n) is 25.9. The average Bonchev–Trinajstić information content (AvgIpc) is 4.06. The van der Waals surface area contributed by atoms with E-state index in [0.717, 1.165) is 39.4 Å². The minimum Gasteiger partial charge on any atom is -0.311 e. The molecule has 0 fully saturated rings. The van der Waals surface area contributed by atoms with Gasteiger partial charge < -0.3 is 9.47 Å². The summed E-state index contributed by atoms with van der Waals surface area (Å²) in [5.74, 6) is 0. The van der Waals surface area contributed by atoms with Crippen LogP contribution in [0.25, 0.3) is 83.1 Å². The second-order valence-electron chi connectivity index (χ2n) is 19.6. The van der Waals surface area contributed by atoms with Gasteiger partial charge in [0.05, 0.1) is 16.4 Å². The van der Waals surface area contributed by atoms with E-state index in [1.165, 1.54) is 83.0 Å². The third-order valence-corrected chi connectivity index (χ3v) is 15.5. The van der Waals surface area contributed by atoms with Crippen LogP contribution in [0, 0.1) is 0 Å². The number of fused-ring (bicyclic) bond motifs is 6. The Labute approximate surface area is 438 Å². The zero-order chi connectivity index (χ0) is 49.7. The second-order valence-corrected chi connectivity index (χ2v) is 19.6. The van der Waals surface area contributed by atoms with Crippen LogP contribution in [0.2, 0.25) is 0 Å². The number of aromatic nitrogens is 1. The number of anilines is 3. The third kappa shape index (κ3) is 7.49. The number of para-hydroxylation sites is 2. The van der Waals surface area contributed by atoms with Gasteiger partial charge in [0.25, 0.3) is 0 Å². The van der Waals surface area contributed by atoms with Gasteiger partial charge in [-0.05, 0) is 157 Å². The molecule has 75 heavy (non-hydrogen) atoms. The first-order valence-corrected chi connectivity index (χ1v) is 25.9. The summed E-state index contributed by atoms with van der Waals surface area (Å²) in [6.45, 7) is 0. The predicted molar refractivity (Wildman–Crippen MR) is 315 cm³/mol. The molecule has 2 nitrogen and oxygen atoms in total. The summed E-state index contributed by atoms with van der Waals surface area (Å²) >= 11 is 0. The minimum atomic E-state index is -0.484. The fourth-order valence-electron chi connectivity index (χ4n) is 12.0. The summed E-state index contributed by atoms with van der Waals surface area (Å²) in [6, 6.07) is 111. The summed E-state index contributed by atoms with van der Waals surface area (Å²) in [6.07, 6.45) is 0. The summed E-state index contributed by atoms with van der Waals surface area (Å²) in [5.41, 5.74) is 23.4. The number of rotatable bonds is 10. The van der Waals surface area contributed by atoms with Crippen molar-refractivity contribution in [3.05, 3.63) is 326 Å². The molecule has 0 amide bonds. The van der Waals surface area contributed by atoms with E-state index in [9.17, 15) is 0 Å². The van der Waals surface area contributed by atoms with Crippen LogP contribution in [0.1, 0.15) is 22.3 Å². The molecule has 12 aromatic carbocycles. The molecule has 0 spiro atoms. The molecule has 0 unspecified atom stereocenters. The van der Waals surface area contributed by atoms with Crippen molar-refractivity contribution < 1.29 is 0 Å². The van der Waals surface area contributed by atoms with Crippen molar-refractivity contribution in [3.8, 4) is 61.3 Å². The van der Waals surface area contributed by atoms with E-state index >= 15 is 0 Å². The summed E-state index contributed by atoms with van der Waals surface area (Å²) < 4.78 is 2.39. The molecule has 2 heteroatoms. The van der Waals surface area contributed by atoms with Gasteiger partial charge in [-0.25, -0.2) is 0 Å². The van der Waals surface area contributed by atoms with Crippen LogP contribution in [-0.2, 0) is 5.41 Å². The van der Waals surface area contributed by atoms with E-state index in [0.29, 0.717) is 0 Å². The average molecular weight is 955 g/mol. The van der Waals surface area contributed by atoms with Gasteiger partial charge in [-0.15, -0.1) is 0 Å². The molecule has 0 saturated carbocycles. The SMILES string of the molecule is c1ccc(-c2cc(-c3ccccc3)cc(-c3ccc(N(c4ccc(-c5cccc(-n6c7ccccc7c7ccccc76)c5)cc4)c4ccc(C5(c6ccccc6)c6ccccc6-c6ccccc65)cc4)cc3)c2)cc1. The van der Waals surface area contributed by atoms with Crippen molar-refractivity contribution in [2.45, 2.75) is 5.41 Å². The molecule has 14 rings (SSSR count). The van der Waals surface area contributed by atoms with Crippen LogP contribution in [0.5, 0.6) is 0 Å². The minimum absolute atomic E-state index is 0.484. The molecule has 352 valence electrons. The fourth-order valence-corrected chi connectivity index (χ4v) is 12.0. The van der Waals surface area contributed by atoms with E-state index in [1.54, 1.807) is 0 Å². The molecule has 1 heterocycles. The van der Waals surface area contributed by atoms with E-state index < -0.39 is 5.41 Å². The van der Waals surface area contributed by atoms with Gasteiger partial charge in [0.1, 0.15) is 0 Å². The van der Waals surface area contributed by atoms with Gasteiger partial charge in [-0.3, -0.25) is 0 Å². The van der Waals surface area contributed by atoms with Crippen LogP contribution in [0.3, 0.4) is 0 Å². The van der Waals surface area contributed by atoms with Gasteiger partial charge in [0, 0.05) is 33.5 Å². The van der Waals surface area contributed by atoms with E-state index in [4.69, 9.17) is 0 Å². The van der Waals surface area contributed by atoms with Crippen molar-refractivity contribution in [2.75, 3.05) is 4.90 Å². The van der Waals surface area contributed by atoms with Crippen LogP contribution in [0.4, 0.5) is 17.1 Å². The van der Waals surface area contributed by atoms with Gasteiger partial charge in [-0.1, -0.05) is 224 Å². The Morgan fingerprint density at radius 1 is 0.253 bits per heavy atom. The van der Waals surface area contributed by atoms with E-state index in [-0.39, 0.29) is 0 Å². The first kappa shape index (κ1) is 44.0. The predicted octanol–water partition coefficient (Wildman–Crippen LogP) is 19.3. The van der Waals surface area contributed by atoms with Crippen LogP contribution in [-0.4, -0.2) is 4.57 Å². The Morgan fingerprint density at radius 3 is 1.13 bits per heavy atom. The highest BCUT2D eigenvalue weighted by Crippen LogP contribution is 2.56. The lowest BCUT2D eigenvalue weighted by molar-refractivity contribution is 0.768. The van der Waals surface area contributed by atoms with E-state index in [2.05, 4.69) is 313 Å². The molecule has 0 bridgehead atoms. The molecule has 0 radical (unpaired) electrons. The number of nitrogens with zero attached hydrogens (tertiary/aromatic N) is 2. The van der Waals surface area contributed by atoms with Crippen molar-refractivity contribution in [1.29, 1.82) is 0 Å². The number of hydrogen-bond acceptors (Lipinski definition) is 1. The van der Waals surface area contributed by atoms with Crippen LogP contribution >= 0.6 is 0 Å². The highest BCUT2D eigenvalue weighted by Gasteiger charge is 2.45. The molecule has 0 N–H and O–H groups in total. The molecule has 0 atom stereocenters. The zero-order valence-electron chi connectivity index (χ0n) is 41.3. The number of benzene rings is 12. The lowest BCUT2D eigenvalue weighted by Crippen LogP contribution is -2.28. The largest absolute Gasteiger partial charge is 0.311 e. The third-order valence-electron chi connectivity index (χ3n) is 15.5. The molecule has 0 aliphatic heterocycles. The van der Waals surface area contributed by atoms with Crippen LogP contribution < -0.4 is 4.90 Å². The molecule has 0 saturated heterocycles. The zero-order valence-corrected chi connectivity index (χ0v) is 41.3. The number of hydrogen-bond donors (Lipinski definition) is 0. The maximum Gasteiger partial charge on any atom is 0.0713 e. The second kappa shape index (κ2) is 18.4. The van der Waals surface area contributed by atoms with Gasteiger partial charge in [-0.2, -0.15) is 0 Å². The highest BCUT2D eigenvalue weighted by atomic mass is 15.1. The van der Waals surface area contributed by atoms with Gasteiger partial charge in [0.15, 0.2) is 0 Å². The molecule has 1 aliphatic rings. The van der Waals surface area contributed by atoms with Crippen molar-refractivity contribution in [3.63, 3.8) is 0 Å². The Bertz CT molecular complexity index is 4040. The van der Waals surface area contributed by atoms with Crippen LogP contribution in [0.15, 0.2) is 303 Å². The quantitative estimate of drug-likeness (QED) is 0.133. The Morgan fingerprint density at radius 2 is 0.627 bits per heavy atom. The Balaban J connectivity index is 0.884. The standard InChI is InChI=1S/C73H50N2/c1-4-19-51(20-5-1)56-47-57(52-21-6-2-7-22-52)49-58(48-56)54-37-43-62(44-38-54)74(61-41-35-53(36-42-61)55-23-18-26-64(50-55)75-71-33-16-12-29-67(71)68-30-13-17-34-72(68)75)63-45-39-60(40-46-63)73(59-24-8-3-9-25-59)69-31-14-10-27-65(69)66-28-11-15-32-70(66)73/h1-50H.